The number of hydrogen-bond acceptors (Lipinski definition) is 5. The number of nitrogens with zero attached hydrogens (tertiary/aromatic N) is 2. The van der Waals surface area contributed by atoms with E-state index in [1.165, 1.54) is 4.57 Å². The van der Waals surface area contributed by atoms with Gasteiger partial charge in [-0.2, -0.15) is 0 Å². The summed E-state index contributed by atoms with van der Waals surface area (Å²) in [5.74, 6) is 0. The molecule has 0 saturated carbocycles. The van der Waals surface area contributed by atoms with E-state index < -0.39 is 17.3 Å². The molecule has 7 heteroatoms. The van der Waals surface area contributed by atoms with Crippen molar-refractivity contribution >= 4 is 6.09 Å². The van der Waals surface area contributed by atoms with Gasteiger partial charge in [0.25, 0.3) is 5.56 Å². The zero-order valence-electron chi connectivity index (χ0n) is 21.1. The average molecular weight is 491 g/mol. The van der Waals surface area contributed by atoms with Crippen molar-refractivity contribution < 1.29 is 19.7 Å². The summed E-state index contributed by atoms with van der Waals surface area (Å²) in [6, 6.07) is 20.6. The summed E-state index contributed by atoms with van der Waals surface area (Å²) < 4.78 is 7.57. The Hall–Kier alpha value is -3.42. The maximum atomic E-state index is 13.3. The van der Waals surface area contributed by atoms with E-state index in [1.54, 1.807) is 31.0 Å². The van der Waals surface area contributed by atoms with Gasteiger partial charge in [-0.3, -0.25) is 4.79 Å². The number of aliphatic hydroxyl groups excluding tert-OH is 1. The number of hydrogen-bond donors (Lipinski definition) is 2. The molecule has 1 saturated heterocycles. The molecule has 7 nitrogen and oxygen atoms in total. The quantitative estimate of drug-likeness (QED) is 0.486. The monoisotopic (exact) mass is 490 g/mol. The molecule has 0 aliphatic carbocycles. The number of aromatic nitrogens is 1. The van der Waals surface area contributed by atoms with Gasteiger partial charge in [0, 0.05) is 38.2 Å². The molecule has 4 rings (SSSR count). The fourth-order valence-electron chi connectivity index (χ4n) is 5.01. The van der Waals surface area contributed by atoms with E-state index in [-0.39, 0.29) is 24.8 Å². The molecular weight excluding hydrogens is 456 g/mol. The highest BCUT2D eigenvalue weighted by Gasteiger charge is 2.46. The Bertz CT molecular complexity index is 1250. The SMILES string of the molecule is C[C@@H](c1ccc(-c2ccn(CCO)c(=O)c2)cc1)N1CCC(CC(C)(C)O)(c2ccccc2)OC1=O. The summed E-state index contributed by atoms with van der Waals surface area (Å²) in [6.07, 6.45) is 2.16. The third kappa shape index (κ3) is 5.53. The fourth-order valence-corrected chi connectivity index (χ4v) is 5.01. The maximum Gasteiger partial charge on any atom is 0.411 e. The molecule has 1 amide bonds. The molecule has 2 atom stereocenters. The zero-order chi connectivity index (χ0) is 25.9. The van der Waals surface area contributed by atoms with Crippen LogP contribution in [-0.2, 0) is 16.9 Å². The number of ether oxygens (including phenoxy) is 1. The molecule has 1 unspecified atom stereocenters. The molecule has 1 aromatic heterocycles. The second-order valence-electron chi connectivity index (χ2n) is 10.1. The van der Waals surface area contributed by atoms with E-state index in [4.69, 9.17) is 9.84 Å². The van der Waals surface area contributed by atoms with Crippen molar-refractivity contribution in [2.45, 2.75) is 57.4 Å². The fraction of sp³-hybridized carbons (Fsp3) is 0.379. The Labute approximate surface area is 211 Å². The van der Waals surface area contributed by atoms with E-state index in [0.29, 0.717) is 19.4 Å². The van der Waals surface area contributed by atoms with Crippen molar-refractivity contribution in [3.8, 4) is 11.1 Å². The Morgan fingerprint density at radius 1 is 1.03 bits per heavy atom. The largest absolute Gasteiger partial charge is 0.438 e. The number of aliphatic hydroxyl groups is 2. The molecular formula is C29H34N2O5. The molecule has 1 aliphatic heterocycles. The van der Waals surface area contributed by atoms with Crippen LogP contribution < -0.4 is 5.56 Å². The summed E-state index contributed by atoms with van der Waals surface area (Å²) in [4.78, 5) is 27.2. The van der Waals surface area contributed by atoms with Gasteiger partial charge in [0.05, 0.1) is 18.2 Å². The second-order valence-corrected chi connectivity index (χ2v) is 10.1. The molecule has 190 valence electrons. The molecule has 1 fully saturated rings. The second kappa shape index (κ2) is 10.3. The van der Waals surface area contributed by atoms with Gasteiger partial charge in [0.2, 0.25) is 0 Å². The zero-order valence-corrected chi connectivity index (χ0v) is 21.1. The molecule has 2 N–H and O–H groups in total. The molecule has 0 radical (unpaired) electrons. The number of pyridine rings is 1. The lowest BCUT2D eigenvalue weighted by molar-refractivity contribution is -0.101. The minimum absolute atomic E-state index is 0.0883. The van der Waals surface area contributed by atoms with Crippen LogP contribution in [-0.4, -0.2) is 44.5 Å². The van der Waals surface area contributed by atoms with E-state index in [1.807, 2.05) is 67.6 Å². The van der Waals surface area contributed by atoms with Crippen molar-refractivity contribution in [2.75, 3.05) is 13.2 Å². The third-order valence-corrected chi connectivity index (χ3v) is 6.82. The normalized spacial score (nSPS) is 19.1. The Balaban J connectivity index is 1.52. The Morgan fingerprint density at radius 2 is 1.72 bits per heavy atom. The van der Waals surface area contributed by atoms with Gasteiger partial charge in [0.1, 0.15) is 5.60 Å². The van der Waals surface area contributed by atoms with Crippen LogP contribution in [0.2, 0.25) is 0 Å². The Morgan fingerprint density at radius 3 is 2.31 bits per heavy atom. The summed E-state index contributed by atoms with van der Waals surface area (Å²) in [5.41, 5.74) is 1.49. The third-order valence-electron chi connectivity index (χ3n) is 6.82. The van der Waals surface area contributed by atoms with Crippen molar-refractivity contribution in [1.82, 2.24) is 9.47 Å². The van der Waals surface area contributed by atoms with Crippen molar-refractivity contribution in [1.29, 1.82) is 0 Å². The van der Waals surface area contributed by atoms with Crippen molar-refractivity contribution in [2.24, 2.45) is 0 Å². The number of amides is 1. The van der Waals surface area contributed by atoms with Crippen LogP contribution in [0.15, 0.2) is 77.7 Å². The summed E-state index contributed by atoms with van der Waals surface area (Å²) in [7, 11) is 0. The maximum absolute atomic E-state index is 13.3. The minimum atomic E-state index is -1.00. The molecule has 0 bridgehead atoms. The van der Waals surface area contributed by atoms with Crippen LogP contribution >= 0.6 is 0 Å². The Kier molecular flexibility index (Phi) is 7.33. The molecule has 36 heavy (non-hydrogen) atoms. The average Bonchev–Trinajstić information content (AvgIpc) is 2.85. The topological polar surface area (TPSA) is 92.0 Å². The van der Waals surface area contributed by atoms with Crippen LogP contribution in [0.3, 0.4) is 0 Å². The summed E-state index contributed by atoms with van der Waals surface area (Å²) in [6.45, 7) is 6.11. The first-order chi connectivity index (χ1) is 17.1. The van der Waals surface area contributed by atoms with Crippen LogP contribution in [0, 0.1) is 0 Å². The van der Waals surface area contributed by atoms with E-state index in [0.717, 1.165) is 22.3 Å². The first-order valence-corrected chi connectivity index (χ1v) is 12.3. The van der Waals surface area contributed by atoms with Gasteiger partial charge in [-0.15, -0.1) is 0 Å². The van der Waals surface area contributed by atoms with Gasteiger partial charge in [-0.25, -0.2) is 4.79 Å². The number of carbonyl (C=O) groups is 1. The van der Waals surface area contributed by atoms with Crippen molar-refractivity contribution in [3.05, 3.63) is 94.4 Å². The van der Waals surface area contributed by atoms with E-state index in [9.17, 15) is 14.7 Å². The van der Waals surface area contributed by atoms with Crippen molar-refractivity contribution in [3.63, 3.8) is 0 Å². The number of cyclic esters (lactones) is 1. The van der Waals surface area contributed by atoms with Crippen LogP contribution in [0.25, 0.3) is 11.1 Å². The number of benzene rings is 2. The van der Waals surface area contributed by atoms with Gasteiger partial charge < -0.3 is 24.4 Å². The van der Waals surface area contributed by atoms with Gasteiger partial charge in [-0.05, 0) is 49.1 Å². The number of rotatable bonds is 8. The molecule has 2 aromatic carbocycles. The number of carbonyl (C=O) groups excluding carboxylic acids is 1. The van der Waals surface area contributed by atoms with Crippen LogP contribution in [0.5, 0.6) is 0 Å². The molecule has 2 heterocycles. The highest BCUT2D eigenvalue weighted by Crippen LogP contribution is 2.42. The molecule has 1 aliphatic rings. The lowest BCUT2D eigenvalue weighted by Crippen LogP contribution is -2.51. The van der Waals surface area contributed by atoms with Gasteiger partial charge in [0.15, 0.2) is 0 Å². The smallest absolute Gasteiger partial charge is 0.411 e. The first kappa shape index (κ1) is 25.7. The standard InChI is InChI=1S/C29H34N2O5/c1-21(22-9-11-23(12-10-22)24-13-15-30(17-18-32)26(33)19-24)31-16-14-29(36-27(31)34,20-28(2,3)35)25-7-5-4-6-8-25/h4-13,15,19,21,32,35H,14,16-18,20H2,1-3H3/t21-,29?/m0/s1. The van der Waals surface area contributed by atoms with Gasteiger partial charge in [-0.1, -0.05) is 54.6 Å². The predicted molar refractivity (Wildman–Crippen MR) is 138 cm³/mol. The van der Waals surface area contributed by atoms with E-state index in [2.05, 4.69) is 0 Å². The molecule has 0 spiro atoms. The van der Waals surface area contributed by atoms with Gasteiger partial charge >= 0.3 is 6.09 Å². The lowest BCUT2D eigenvalue weighted by Gasteiger charge is -2.45. The highest BCUT2D eigenvalue weighted by atomic mass is 16.6. The van der Waals surface area contributed by atoms with Crippen LogP contribution in [0.4, 0.5) is 4.79 Å². The van der Waals surface area contributed by atoms with E-state index >= 15 is 0 Å². The first-order valence-electron chi connectivity index (χ1n) is 12.3. The van der Waals surface area contributed by atoms with Crippen LogP contribution in [0.1, 0.15) is 50.8 Å². The lowest BCUT2D eigenvalue weighted by atomic mass is 9.80. The predicted octanol–water partition coefficient (Wildman–Crippen LogP) is 4.47. The highest BCUT2D eigenvalue weighted by molar-refractivity contribution is 5.70. The summed E-state index contributed by atoms with van der Waals surface area (Å²) >= 11 is 0. The minimum Gasteiger partial charge on any atom is -0.438 e. The molecule has 3 aromatic rings. The summed E-state index contributed by atoms with van der Waals surface area (Å²) in [5, 5.41) is 19.6.